The maximum absolute atomic E-state index is 13.5. The van der Waals surface area contributed by atoms with E-state index in [0.717, 1.165) is 54.5 Å². The molecule has 0 saturated heterocycles. The highest BCUT2D eigenvalue weighted by Crippen LogP contribution is 2.54. The molecular weight excluding hydrogens is 416 g/mol. The van der Waals surface area contributed by atoms with Crippen LogP contribution in [0.15, 0.2) is 22.2 Å². The van der Waals surface area contributed by atoms with Gasteiger partial charge in [-0.25, -0.2) is 0 Å². The number of rotatable bonds is 6. The van der Waals surface area contributed by atoms with E-state index in [-0.39, 0.29) is 29.1 Å². The number of aryl methyl sites for hydroxylation is 2. The first-order valence-corrected chi connectivity index (χ1v) is 12.1. The second kappa shape index (κ2) is 8.88. The maximum Gasteiger partial charge on any atom is 0.262 e. The van der Waals surface area contributed by atoms with E-state index in [4.69, 9.17) is 9.26 Å². The lowest BCUT2D eigenvalue weighted by Gasteiger charge is -2.46. The van der Waals surface area contributed by atoms with Gasteiger partial charge in [-0.3, -0.25) is 10.1 Å². The summed E-state index contributed by atoms with van der Waals surface area (Å²) in [4.78, 5) is 13.5. The van der Waals surface area contributed by atoms with Gasteiger partial charge in [0.05, 0.1) is 11.3 Å². The number of aromatic hydroxyl groups is 1. The predicted molar refractivity (Wildman–Crippen MR) is 129 cm³/mol. The Kier molecular flexibility index (Phi) is 6.30. The standard InChI is InChI=1S/C27H36N2O4/c1-7-8-9-10-18-14-21-23(19-13-15(2)11-12-20(19)27(5,6)32-21)24(30)22(18)25(31)28-26-16(3)17(4)29-33-26/h13-14,19-20,30H,7-12H2,1-6H3,(H,28,31). The minimum absolute atomic E-state index is 0.0167. The molecule has 2 heterocycles. The lowest BCUT2D eigenvalue weighted by Crippen LogP contribution is -2.45. The first-order chi connectivity index (χ1) is 15.6. The van der Waals surface area contributed by atoms with Crippen molar-refractivity contribution in [3.05, 3.63) is 45.7 Å². The molecule has 178 valence electrons. The number of hydrogen-bond donors (Lipinski definition) is 2. The van der Waals surface area contributed by atoms with Crippen LogP contribution < -0.4 is 10.1 Å². The van der Waals surface area contributed by atoms with Crippen LogP contribution in [0.2, 0.25) is 0 Å². The summed E-state index contributed by atoms with van der Waals surface area (Å²) in [5.74, 6) is 0.918. The largest absolute Gasteiger partial charge is 0.507 e. The van der Waals surface area contributed by atoms with E-state index in [0.29, 0.717) is 23.6 Å². The third-order valence-corrected chi connectivity index (χ3v) is 7.39. The van der Waals surface area contributed by atoms with Crippen LogP contribution in [0, 0.1) is 19.8 Å². The molecule has 0 bridgehead atoms. The van der Waals surface area contributed by atoms with Gasteiger partial charge in [0.25, 0.3) is 5.91 Å². The molecule has 4 rings (SSSR count). The molecule has 2 unspecified atom stereocenters. The van der Waals surface area contributed by atoms with E-state index in [1.165, 1.54) is 5.57 Å². The number of carbonyl (C=O) groups excluding carboxylic acids is 1. The van der Waals surface area contributed by atoms with Gasteiger partial charge in [-0.2, -0.15) is 0 Å². The van der Waals surface area contributed by atoms with Crippen molar-refractivity contribution in [3.63, 3.8) is 0 Å². The molecule has 33 heavy (non-hydrogen) atoms. The summed E-state index contributed by atoms with van der Waals surface area (Å²) in [6, 6.07) is 1.98. The number of unbranched alkanes of at least 4 members (excludes halogenated alkanes) is 2. The van der Waals surface area contributed by atoms with E-state index in [1.807, 2.05) is 19.9 Å². The van der Waals surface area contributed by atoms with Gasteiger partial charge in [-0.05, 0) is 71.9 Å². The van der Waals surface area contributed by atoms with Crippen molar-refractivity contribution in [3.8, 4) is 11.5 Å². The molecule has 1 aromatic heterocycles. The van der Waals surface area contributed by atoms with E-state index >= 15 is 0 Å². The minimum Gasteiger partial charge on any atom is -0.507 e. The maximum atomic E-state index is 13.5. The van der Waals surface area contributed by atoms with Crippen LogP contribution in [0.25, 0.3) is 0 Å². The molecule has 0 spiro atoms. The number of phenols is 1. The smallest absolute Gasteiger partial charge is 0.262 e. The molecule has 1 aliphatic carbocycles. The highest BCUT2D eigenvalue weighted by molar-refractivity contribution is 6.07. The van der Waals surface area contributed by atoms with Crippen LogP contribution >= 0.6 is 0 Å². The molecule has 1 aromatic carbocycles. The van der Waals surface area contributed by atoms with Crippen LogP contribution in [-0.4, -0.2) is 21.8 Å². The molecule has 2 atom stereocenters. The zero-order valence-electron chi connectivity index (χ0n) is 20.7. The van der Waals surface area contributed by atoms with Crippen molar-refractivity contribution >= 4 is 11.8 Å². The Bertz CT molecular complexity index is 1100. The van der Waals surface area contributed by atoms with Gasteiger partial charge in [-0.1, -0.05) is 36.6 Å². The number of carbonyl (C=O) groups is 1. The number of fused-ring (bicyclic) bond motifs is 3. The lowest BCUT2D eigenvalue weighted by molar-refractivity contribution is 0.0107. The third kappa shape index (κ3) is 4.28. The van der Waals surface area contributed by atoms with Crippen molar-refractivity contribution in [2.24, 2.45) is 5.92 Å². The first kappa shape index (κ1) is 23.4. The van der Waals surface area contributed by atoms with E-state index in [9.17, 15) is 9.90 Å². The van der Waals surface area contributed by atoms with Crippen LogP contribution in [-0.2, 0) is 6.42 Å². The second-order valence-electron chi connectivity index (χ2n) is 10.2. The Labute approximate surface area is 196 Å². The summed E-state index contributed by atoms with van der Waals surface area (Å²) in [6.45, 7) is 12.2. The number of benzene rings is 1. The topological polar surface area (TPSA) is 84.6 Å². The summed E-state index contributed by atoms with van der Waals surface area (Å²) < 4.78 is 11.8. The number of hydrogen-bond acceptors (Lipinski definition) is 5. The summed E-state index contributed by atoms with van der Waals surface area (Å²) >= 11 is 0. The van der Waals surface area contributed by atoms with E-state index in [2.05, 4.69) is 44.2 Å². The van der Waals surface area contributed by atoms with Gasteiger partial charge in [0, 0.05) is 23.0 Å². The molecule has 0 saturated carbocycles. The molecule has 1 aliphatic heterocycles. The molecule has 0 radical (unpaired) electrons. The Morgan fingerprint density at radius 3 is 2.70 bits per heavy atom. The van der Waals surface area contributed by atoms with Crippen LogP contribution in [0.4, 0.5) is 5.88 Å². The van der Waals surface area contributed by atoms with Crippen molar-refractivity contribution < 1.29 is 19.2 Å². The zero-order valence-corrected chi connectivity index (χ0v) is 20.7. The van der Waals surface area contributed by atoms with Crippen LogP contribution in [0.5, 0.6) is 11.5 Å². The molecule has 6 nitrogen and oxygen atoms in total. The fourth-order valence-corrected chi connectivity index (χ4v) is 5.32. The average Bonchev–Trinajstić information content (AvgIpc) is 3.05. The average molecular weight is 453 g/mol. The molecule has 2 aromatic rings. The summed E-state index contributed by atoms with van der Waals surface area (Å²) in [6.07, 6.45) is 8.03. The Morgan fingerprint density at radius 2 is 2.03 bits per heavy atom. The number of aromatic nitrogens is 1. The quantitative estimate of drug-likeness (QED) is 0.381. The van der Waals surface area contributed by atoms with Crippen LogP contribution in [0.1, 0.15) is 98.5 Å². The summed E-state index contributed by atoms with van der Waals surface area (Å²) in [5.41, 5.74) is 4.32. The van der Waals surface area contributed by atoms with Gasteiger partial charge in [0.1, 0.15) is 17.1 Å². The summed E-state index contributed by atoms with van der Waals surface area (Å²) in [7, 11) is 0. The molecule has 6 heteroatoms. The number of nitrogens with one attached hydrogen (secondary N) is 1. The lowest BCUT2D eigenvalue weighted by atomic mass is 9.67. The van der Waals surface area contributed by atoms with Gasteiger partial charge in [0.15, 0.2) is 0 Å². The third-order valence-electron chi connectivity index (χ3n) is 7.39. The number of amides is 1. The highest BCUT2D eigenvalue weighted by atomic mass is 16.5. The Morgan fingerprint density at radius 1 is 1.27 bits per heavy atom. The Hall–Kier alpha value is -2.76. The Balaban J connectivity index is 1.83. The molecule has 0 fully saturated rings. The van der Waals surface area contributed by atoms with Gasteiger partial charge >= 0.3 is 0 Å². The number of allylic oxidation sites excluding steroid dienone is 2. The molecule has 1 amide bonds. The normalized spacial score (nSPS) is 21.0. The van der Waals surface area contributed by atoms with Crippen molar-refractivity contribution in [1.29, 1.82) is 0 Å². The van der Waals surface area contributed by atoms with Gasteiger partial charge in [-0.15, -0.1) is 0 Å². The highest BCUT2D eigenvalue weighted by Gasteiger charge is 2.46. The van der Waals surface area contributed by atoms with Crippen LogP contribution in [0.3, 0.4) is 0 Å². The van der Waals surface area contributed by atoms with Crippen molar-refractivity contribution in [2.75, 3.05) is 5.32 Å². The van der Waals surface area contributed by atoms with E-state index in [1.54, 1.807) is 0 Å². The molecule has 2 N–H and O–H groups in total. The summed E-state index contributed by atoms with van der Waals surface area (Å²) in [5, 5.41) is 18.3. The van der Waals surface area contributed by atoms with Crippen molar-refractivity contribution in [2.45, 2.75) is 91.6 Å². The monoisotopic (exact) mass is 452 g/mol. The first-order valence-electron chi connectivity index (χ1n) is 12.1. The number of phenolic OH excluding ortho intramolecular Hbond substituents is 1. The van der Waals surface area contributed by atoms with Gasteiger partial charge in [0.2, 0.25) is 5.88 Å². The van der Waals surface area contributed by atoms with Gasteiger partial charge < -0.3 is 14.4 Å². The molecular formula is C27H36N2O4. The second-order valence-corrected chi connectivity index (χ2v) is 10.2. The minimum atomic E-state index is -0.376. The van der Waals surface area contributed by atoms with Crippen molar-refractivity contribution in [1.82, 2.24) is 5.16 Å². The molecule has 2 aliphatic rings. The number of anilines is 1. The fourth-order valence-electron chi connectivity index (χ4n) is 5.32. The SMILES string of the molecule is CCCCCc1cc2c(c(O)c1C(=O)Nc1onc(C)c1C)C1C=C(C)CCC1C(C)(C)O2. The predicted octanol–water partition coefficient (Wildman–Crippen LogP) is 6.59. The number of nitrogens with zero attached hydrogens (tertiary/aromatic N) is 1. The fraction of sp³-hybridized carbons (Fsp3) is 0.556. The van der Waals surface area contributed by atoms with E-state index < -0.39 is 0 Å². The number of ether oxygens (including phenoxy) is 1. The zero-order chi connectivity index (χ0) is 23.9.